The molecule has 1 aliphatic carbocycles. The largest absolute Gasteiger partial charge is 0.490 e. The molecule has 3 aliphatic heterocycles. The number of nitrogens with two attached hydrogens (primary N) is 1. The lowest BCUT2D eigenvalue weighted by Crippen LogP contribution is -2.62. The molecule has 2 N–H and O–H groups in total. The molecule has 0 unspecified atom stereocenters. The van der Waals surface area contributed by atoms with Crippen LogP contribution in [0.4, 0.5) is 0 Å². The predicted molar refractivity (Wildman–Crippen MR) is 122 cm³/mol. The number of halogens is 2. The Kier molecular flexibility index (Phi) is 7.88. The van der Waals surface area contributed by atoms with Gasteiger partial charge >= 0.3 is 0 Å². The summed E-state index contributed by atoms with van der Waals surface area (Å²) in [5.41, 5.74) is 6.00. The lowest BCUT2D eigenvalue weighted by Gasteiger charge is -2.55. The van der Waals surface area contributed by atoms with Crippen LogP contribution in [0.25, 0.3) is 0 Å². The molecule has 5 rings (SSSR count). The van der Waals surface area contributed by atoms with Gasteiger partial charge in [0.2, 0.25) is 0 Å². The van der Waals surface area contributed by atoms with Crippen LogP contribution in [0.1, 0.15) is 49.0 Å². The number of rotatable bonds is 5. The van der Waals surface area contributed by atoms with Crippen LogP contribution in [0.5, 0.6) is 5.75 Å². The Balaban J connectivity index is 0.00000128. The van der Waals surface area contributed by atoms with Crippen molar-refractivity contribution in [2.24, 2.45) is 23.5 Å². The van der Waals surface area contributed by atoms with Gasteiger partial charge in [-0.3, -0.25) is 9.69 Å². The zero-order chi connectivity index (χ0) is 19.1. The first-order chi connectivity index (χ1) is 13.7. The van der Waals surface area contributed by atoms with Crippen molar-refractivity contribution in [3.63, 3.8) is 0 Å². The lowest BCUT2D eigenvalue weighted by atomic mass is 9.74. The molecule has 4 aliphatic rings. The molecule has 1 saturated carbocycles. The first-order valence-corrected chi connectivity index (χ1v) is 11.1. The Morgan fingerprint density at radius 2 is 1.87 bits per heavy atom. The van der Waals surface area contributed by atoms with Crippen LogP contribution in [0.2, 0.25) is 0 Å². The summed E-state index contributed by atoms with van der Waals surface area (Å²) in [6, 6.07) is 5.12. The fourth-order valence-corrected chi connectivity index (χ4v) is 5.99. The Bertz CT molecular complexity index is 733. The van der Waals surface area contributed by atoms with Crippen LogP contribution in [0.3, 0.4) is 0 Å². The highest BCUT2D eigenvalue weighted by Crippen LogP contribution is 2.46. The lowest BCUT2D eigenvalue weighted by molar-refractivity contribution is -0.0552. The number of hydrogen-bond acceptors (Lipinski definition) is 5. The van der Waals surface area contributed by atoms with Gasteiger partial charge in [-0.2, -0.15) is 0 Å². The Hall–Kier alpha value is -1.08. The maximum Gasteiger partial charge on any atom is 0.276 e. The van der Waals surface area contributed by atoms with E-state index >= 15 is 0 Å². The van der Waals surface area contributed by atoms with E-state index < -0.39 is 0 Å². The monoisotopic (exact) mass is 456 g/mol. The highest BCUT2D eigenvalue weighted by atomic mass is 35.5. The molecule has 1 amide bonds. The molecule has 4 fully saturated rings. The van der Waals surface area contributed by atoms with E-state index in [1.54, 1.807) is 6.20 Å². The maximum absolute atomic E-state index is 13.3. The number of carbonyl (C=O) groups excluding carboxylic acids is 1. The van der Waals surface area contributed by atoms with Crippen molar-refractivity contribution in [2.45, 2.75) is 50.6 Å². The summed E-state index contributed by atoms with van der Waals surface area (Å²) < 4.78 is 5.68. The standard InChI is InChI=1S/C22H32N4O2.2ClH/c23-8-10-28-20-5-2-9-24-21(20)22(27)25-12-15-11-17(14-25)19-4-1-3-18(16-6-7-16)26(19)13-15;;/h2,5,9,15-19H,1,3-4,6-8,10-14,23H2;2*1H/t15-,17+,18+,19-;;/m0../s1. The molecule has 2 bridgehead atoms. The van der Waals surface area contributed by atoms with E-state index in [1.807, 2.05) is 12.1 Å². The number of nitrogens with zero attached hydrogens (tertiary/aromatic N) is 3. The van der Waals surface area contributed by atoms with Crippen molar-refractivity contribution >= 4 is 30.7 Å². The highest BCUT2D eigenvalue weighted by Gasteiger charge is 2.48. The van der Waals surface area contributed by atoms with Gasteiger partial charge in [-0.05, 0) is 62.0 Å². The first-order valence-electron chi connectivity index (χ1n) is 11.1. The van der Waals surface area contributed by atoms with Crippen molar-refractivity contribution in [1.82, 2.24) is 14.8 Å². The van der Waals surface area contributed by atoms with E-state index in [2.05, 4.69) is 14.8 Å². The second kappa shape index (κ2) is 10.0. The summed E-state index contributed by atoms with van der Waals surface area (Å²) >= 11 is 0. The molecule has 0 radical (unpaired) electrons. The minimum Gasteiger partial charge on any atom is -0.490 e. The van der Waals surface area contributed by atoms with E-state index in [4.69, 9.17) is 10.5 Å². The molecule has 4 heterocycles. The molecule has 168 valence electrons. The summed E-state index contributed by atoms with van der Waals surface area (Å²) in [4.78, 5) is 22.6. The predicted octanol–water partition coefficient (Wildman–Crippen LogP) is 2.99. The molecule has 4 atom stereocenters. The summed E-state index contributed by atoms with van der Waals surface area (Å²) in [5, 5.41) is 0. The number of pyridine rings is 1. The average molecular weight is 457 g/mol. The van der Waals surface area contributed by atoms with Crippen LogP contribution in [0, 0.1) is 17.8 Å². The zero-order valence-electron chi connectivity index (χ0n) is 17.4. The third kappa shape index (κ3) is 4.57. The Morgan fingerprint density at radius 3 is 2.60 bits per heavy atom. The quantitative estimate of drug-likeness (QED) is 0.736. The number of aromatic nitrogens is 1. The number of piperidine rings is 3. The smallest absolute Gasteiger partial charge is 0.276 e. The summed E-state index contributed by atoms with van der Waals surface area (Å²) in [6.45, 7) is 3.71. The van der Waals surface area contributed by atoms with Crippen LogP contribution >= 0.6 is 24.8 Å². The Labute approximate surface area is 191 Å². The second-order valence-electron chi connectivity index (χ2n) is 9.16. The van der Waals surface area contributed by atoms with Gasteiger partial charge in [0.1, 0.15) is 6.61 Å². The number of amides is 1. The third-order valence-corrected chi connectivity index (χ3v) is 7.24. The number of fused-ring (bicyclic) bond motifs is 4. The van der Waals surface area contributed by atoms with Gasteiger partial charge in [-0.1, -0.05) is 6.42 Å². The topological polar surface area (TPSA) is 71.7 Å². The highest BCUT2D eigenvalue weighted by molar-refractivity contribution is 5.95. The fraction of sp³-hybridized carbons (Fsp3) is 0.727. The van der Waals surface area contributed by atoms with Crippen LogP contribution < -0.4 is 10.5 Å². The molecule has 30 heavy (non-hydrogen) atoms. The Morgan fingerprint density at radius 1 is 1.10 bits per heavy atom. The van der Waals surface area contributed by atoms with E-state index in [0.717, 1.165) is 25.0 Å². The van der Waals surface area contributed by atoms with Gasteiger partial charge in [0.05, 0.1) is 0 Å². The SMILES string of the molecule is Cl.Cl.NCCOc1cccnc1C(=O)N1C[C@@H]2C[C@H](C1)[C@@H]1CCC[C@H](C3CC3)N1C2. The fourth-order valence-electron chi connectivity index (χ4n) is 5.99. The van der Waals surface area contributed by atoms with Gasteiger partial charge in [-0.25, -0.2) is 4.98 Å². The number of likely N-dealkylation sites (tertiary alicyclic amines) is 1. The van der Waals surface area contributed by atoms with E-state index in [-0.39, 0.29) is 30.7 Å². The molecule has 0 spiro atoms. The molecule has 1 aromatic rings. The number of ether oxygens (including phenoxy) is 1. The van der Waals surface area contributed by atoms with Crippen molar-refractivity contribution in [3.05, 3.63) is 24.0 Å². The van der Waals surface area contributed by atoms with Crippen molar-refractivity contribution in [2.75, 3.05) is 32.8 Å². The molecule has 6 nitrogen and oxygen atoms in total. The number of carbonyl (C=O) groups is 1. The van der Waals surface area contributed by atoms with Crippen LogP contribution in [-0.4, -0.2) is 65.6 Å². The van der Waals surface area contributed by atoms with Crippen molar-refractivity contribution in [3.8, 4) is 5.75 Å². The van der Waals surface area contributed by atoms with Gasteiger partial charge in [0.25, 0.3) is 5.91 Å². The molecular weight excluding hydrogens is 423 g/mol. The van der Waals surface area contributed by atoms with E-state index in [0.29, 0.717) is 42.5 Å². The van der Waals surface area contributed by atoms with Gasteiger partial charge in [0.15, 0.2) is 11.4 Å². The van der Waals surface area contributed by atoms with E-state index in [1.165, 1.54) is 45.1 Å². The van der Waals surface area contributed by atoms with Crippen molar-refractivity contribution in [1.29, 1.82) is 0 Å². The second-order valence-corrected chi connectivity index (χ2v) is 9.16. The molecule has 8 heteroatoms. The van der Waals surface area contributed by atoms with Crippen molar-refractivity contribution < 1.29 is 9.53 Å². The minimum absolute atomic E-state index is 0. The molecule has 0 aromatic carbocycles. The molecule has 1 aromatic heterocycles. The van der Waals surface area contributed by atoms with Gasteiger partial charge in [-0.15, -0.1) is 24.8 Å². The average Bonchev–Trinajstić information content (AvgIpc) is 3.56. The first kappa shape index (κ1) is 23.6. The van der Waals surface area contributed by atoms with Crippen LogP contribution in [-0.2, 0) is 0 Å². The summed E-state index contributed by atoms with van der Waals surface area (Å²) in [7, 11) is 0. The summed E-state index contributed by atoms with van der Waals surface area (Å²) in [5.74, 6) is 2.73. The normalized spacial score (nSPS) is 30.5. The van der Waals surface area contributed by atoms with Gasteiger partial charge < -0.3 is 15.4 Å². The third-order valence-electron chi connectivity index (χ3n) is 7.24. The van der Waals surface area contributed by atoms with Gasteiger partial charge in [0, 0.05) is 44.5 Å². The molecular formula is C22H34Cl2N4O2. The molecule has 3 saturated heterocycles. The maximum atomic E-state index is 13.3. The van der Waals surface area contributed by atoms with Crippen LogP contribution in [0.15, 0.2) is 18.3 Å². The van der Waals surface area contributed by atoms with E-state index in [9.17, 15) is 4.79 Å². The zero-order valence-corrected chi connectivity index (χ0v) is 19.1. The minimum atomic E-state index is 0. The summed E-state index contributed by atoms with van der Waals surface area (Å²) in [6.07, 6.45) is 9.86. The number of hydrogen-bond donors (Lipinski definition) is 1.